The number of benzene rings is 1. The fourth-order valence-electron chi connectivity index (χ4n) is 3.28. The van der Waals surface area contributed by atoms with Crippen molar-refractivity contribution in [2.75, 3.05) is 26.3 Å². The number of hydrogen-bond acceptors (Lipinski definition) is 5. The van der Waals surface area contributed by atoms with E-state index in [0.29, 0.717) is 62.0 Å². The Morgan fingerprint density at radius 3 is 2.64 bits per heavy atom. The van der Waals surface area contributed by atoms with Gasteiger partial charge in [0.2, 0.25) is 0 Å². The number of rotatable bonds is 3. The molecule has 0 atom stereocenters. The highest BCUT2D eigenvalue weighted by atomic mass is 19.2. The van der Waals surface area contributed by atoms with Gasteiger partial charge < -0.3 is 9.64 Å². The number of morpholine rings is 1. The Morgan fingerprint density at radius 1 is 1.08 bits per heavy atom. The van der Waals surface area contributed by atoms with Crippen molar-refractivity contribution in [2.24, 2.45) is 9.98 Å². The van der Waals surface area contributed by atoms with E-state index in [0.717, 1.165) is 6.07 Å². The van der Waals surface area contributed by atoms with E-state index in [1.54, 1.807) is 12.1 Å². The minimum atomic E-state index is -0.914. The van der Waals surface area contributed by atoms with Crippen LogP contribution in [0.25, 0.3) is 0 Å². The van der Waals surface area contributed by atoms with Gasteiger partial charge in [-0.15, -0.1) is 0 Å². The molecule has 5 nitrogen and oxygen atoms in total. The molecular formula is C18H17F2N3O2. The largest absolute Gasteiger partial charge is 0.378 e. The van der Waals surface area contributed by atoms with Crippen LogP contribution in [0.2, 0.25) is 0 Å². The highest BCUT2D eigenvalue weighted by Gasteiger charge is 2.24. The third-order valence-electron chi connectivity index (χ3n) is 4.50. The van der Waals surface area contributed by atoms with Crippen molar-refractivity contribution in [3.05, 3.63) is 41.2 Å². The molecule has 25 heavy (non-hydrogen) atoms. The van der Waals surface area contributed by atoms with Crippen molar-refractivity contribution in [1.82, 2.24) is 4.90 Å². The maximum Gasteiger partial charge on any atom is 0.184 e. The Labute approximate surface area is 143 Å². The third kappa shape index (κ3) is 3.24. The molecule has 1 aromatic rings. The lowest BCUT2D eigenvalue weighted by atomic mass is 10.0. The summed E-state index contributed by atoms with van der Waals surface area (Å²) in [5.41, 5.74) is 2.15. The highest BCUT2D eigenvalue weighted by Crippen LogP contribution is 2.32. The van der Waals surface area contributed by atoms with Crippen molar-refractivity contribution in [2.45, 2.75) is 19.3 Å². The molecule has 1 aromatic carbocycles. The zero-order valence-electron chi connectivity index (χ0n) is 13.6. The summed E-state index contributed by atoms with van der Waals surface area (Å²) < 4.78 is 32.5. The number of ketones is 1. The zero-order valence-corrected chi connectivity index (χ0v) is 13.6. The van der Waals surface area contributed by atoms with Gasteiger partial charge in [-0.3, -0.25) is 9.79 Å². The van der Waals surface area contributed by atoms with Gasteiger partial charge in [0.15, 0.2) is 17.4 Å². The summed E-state index contributed by atoms with van der Waals surface area (Å²) >= 11 is 0. The first-order chi connectivity index (χ1) is 12.1. The van der Waals surface area contributed by atoms with Crippen LogP contribution in [0, 0.1) is 11.6 Å². The van der Waals surface area contributed by atoms with E-state index in [-0.39, 0.29) is 17.9 Å². The number of nitrogens with zero attached hydrogens (tertiary/aromatic N) is 3. The fourth-order valence-corrected chi connectivity index (χ4v) is 3.28. The Hall–Kier alpha value is -2.41. The van der Waals surface area contributed by atoms with Gasteiger partial charge >= 0.3 is 0 Å². The molecule has 4 rings (SSSR count). The quantitative estimate of drug-likeness (QED) is 0.846. The number of carbonyl (C=O) groups excluding carboxylic acids is 1. The first-order valence-corrected chi connectivity index (χ1v) is 8.27. The molecule has 0 unspecified atom stereocenters. The van der Waals surface area contributed by atoms with Crippen molar-refractivity contribution < 1.29 is 18.3 Å². The SMILES string of the molecule is O=C1C=C(N2CCOCC2)N=C(CC2=Nc3c(ccc(F)c3F)C2)C1. The zero-order chi connectivity index (χ0) is 17.4. The number of halogens is 2. The Kier molecular flexibility index (Phi) is 4.17. The molecule has 0 saturated carbocycles. The minimum absolute atomic E-state index is 0.000159. The first-order valence-electron chi connectivity index (χ1n) is 8.27. The smallest absolute Gasteiger partial charge is 0.184 e. The minimum Gasteiger partial charge on any atom is -0.378 e. The average molecular weight is 345 g/mol. The lowest BCUT2D eigenvalue weighted by molar-refractivity contribution is -0.113. The summed E-state index contributed by atoms with van der Waals surface area (Å²) in [6, 6.07) is 2.67. The van der Waals surface area contributed by atoms with E-state index in [2.05, 4.69) is 9.98 Å². The summed E-state index contributed by atoms with van der Waals surface area (Å²) in [6.07, 6.45) is 2.65. The van der Waals surface area contributed by atoms with E-state index < -0.39 is 11.6 Å². The molecule has 7 heteroatoms. The monoisotopic (exact) mass is 345 g/mol. The topological polar surface area (TPSA) is 54.3 Å². The first kappa shape index (κ1) is 16.1. The third-order valence-corrected chi connectivity index (χ3v) is 4.50. The van der Waals surface area contributed by atoms with E-state index in [1.165, 1.54) is 0 Å². The normalized spacial score (nSPS) is 20.2. The molecule has 0 bridgehead atoms. The van der Waals surface area contributed by atoms with Crippen LogP contribution >= 0.6 is 0 Å². The Balaban J connectivity index is 1.53. The van der Waals surface area contributed by atoms with E-state index in [4.69, 9.17) is 4.74 Å². The maximum absolute atomic E-state index is 13.8. The molecule has 0 N–H and O–H groups in total. The van der Waals surface area contributed by atoms with Crippen molar-refractivity contribution in [3.63, 3.8) is 0 Å². The van der Waals surface area contributed by atoms with Gasteiger partial charge in [0.25, 0.3) is 0 Å². The summed E-state index contributed by atoms with van der Waals surface area (Å²) in [4.78, 5) is 22.9. The second-order valence-electron chi connectivity index (χ2n) is 6.32. The van der Waals surface area contributed by atoms with Crippen LogP contribution < -0.4 is 0 Å². The van der Waals surface area contributed by atoms with Gasteiger partial charge in [0.05, 0.1) is 13.2 Å². The summed E-state index contributed by atoms with van der Waals surface area (Å²) in [6.45, 7) is 2.63. The number of aliphatic imine (C=N–C) groups is 2. The molecule has 0 aliphatic carbocycles. The van der Waals surface area contributed by atoms with E-state index >= 15 is 0 Å². The number of hydrogen-bond donors (Lipinski definition) is 0. The van der Waals surface area contributed by atoms with Crippen LogP contribution in [-0.2, 0) is 16.0 Å². The van der Waals surface area contributed by atoms with Gasteiger partial charge in [-0.05, 0) is 11.6 Å². The fraction of sp³-hybridized carbons (Fsp3) is 0.389. The molecule has 3 aliphatic heterocycles. The molecule has 130 valence electrons. The molecule has 0 aromatic heterocycles. The van der Waals surface area contributed by atoms with Gasteiger partial charge in [-0.1, -0.05) is 6.07 Å². The number of allylic oxidation sites excluding steroid dienone is 1. The number of ether oxygens (including phenoxy) is 1. The molecule has 0 radical (unpaired) electrons. The predicted octanol–water partition coefficient (Wildman–Crippen LogP) is 2.57. The summed E-state index contributed by atoms with van der Waals surface area (Å²) in [5.74, 6) is -1.16. The lowest BCUT2D eigenvalue weighted by Crippen LogP contribution is -2.36. The van der Waals surface area contributed by atoms with Crippen LogP contribution in [-0.4, -0.2) is 48.4 Å². The molecule has 0 amide bonds. The van der Waals surface area contributed by atoms with Crippen molar-refractivity contribution in [1.29, 1.82) is 0 Å². The van der Waals surface area contributed by atoms with Crippen LogP contribution in [0.5, 0.6) is 0 Å². The van der Waals surface area contributed by atoms with Gasteiger partial charge in [0, 0.05) is 49.9 Å². The highest BCUT2D eigenvalue weighted by molar-refractivity contribution is 6.16. The van der Waals surface area contributed by atoms with Crippen LogP contribution in [0.1, 0.15) is 18.4 Å². The second kappa shape index (κ2) is 6.48. The summed E-state index contributed by atoms with van der Waals surface area (Å²) in [7, 11) is 0. The van der Waals surface area contributed by atoms with E-state index in [1.807, 2.05) is 4.90 Å². The number of fused-ring (bicyclic) bond motifs is 1. The van der Waals surface area contributed by atoms with E-state index in [9.17, 15) is 13.6 Å². The van der Waals surface area contributed by atoms with Gasteiger partial charge in [0.1, 0.15) is 11.5 Å². The van der Waals surface area contributed by atoms with Crippen LogP contribution in [0.4, 0.5) is 14.5 Å². The molecule has 1 fully saturated rings. The van der Waals surface area contributed by atoms with Crippen LogP contribution in [0.3, 0.4) is 0 Å². The molecule has 3 aliphatic rings. The molecular weight excluding hydrogens is 328 g/mol. The van der Waals surface area contributed by atoms with Gasteiger partial charge in [-0.25, -0.2) is 13.8 Å². The summed E-state index contributed by atoms with van der Waals surface area (Å²) in [5, 5.41) is 0. The Bertz CT molecular complexity index is 824. The second-order valence-corrected chi connectivity index (χ2v) is 6.32. The standard InChI is InChI=1S/C18H17F2N3O2/c19-15-2-1-11-7-12(22-18(11)17(15)20)8-13-9-14(24)10-16(21-13)23-3-5-25-6-4-23/h1-2,10H,3-9H2. The van der Waals surface area contributed by atoms with Crippen molar-refractivity contribution in [3.8, 4) is 0 Å². The number of carbonyl (C=O) groups is 1. The molecule has 1 saturated heterocycles. The molecule has 3 heterocycles. The van der Waals surface area contributed by atoms with Gasteiger partial charge in [-0.2, -0.15) is 0 Å². The molecule has 0 spiro atoms. The maximum atomic E-state index is 13.8. The average Bonchev–Trinajstić information content (AvgIpc) is 3.02. The van der Waals surface area contributed by atoms with Crippen LogP contribution in [0.15, 0.2) is 34.0 Å². The van der Waals surface area contributed by atoms with Crippen molar-refractivity contribution >= 4 is 22.9 Å². The predicted molar refractivity (Wildman–Crippen MR) is 89.3 cm³/mol. The lowest BCUT2D eigenvalue weighted by Gasteiger charge is -2.30. The Morgan fingerprint density at radius 2 is 1.84 bits per heavy atom.